The highest BCUT2D eigenvalue weighted by atomic mass is 35.5. The van der Waals surface area contributed by atoms with Crippen molar-refractivity contribution in [1.29, 1.82) is 0 Å². The molecule has 0 aromatic heterocycles. The molecule has 0 fully saturated rings. The van der Waals surface area contributed by atoms with Crippen LogP contribution in [-0.4, -0.2) is 15.3 Å². The van der Waals surface area contributed by atoms with Gasteiger partial charge < -0.3 is 15.3 Å². The summed E-state index contributed by atoms with van der Waals surface area (Å²) in [7, 11) is 0. The average Bonchev–Trinajstić information content (AvgIpc) is 2.72. The van der Waals surface area contributed by atoms with Gasteiger partial charge in [0.2, 0.25) is 0 Å². The molecule has 0 amide bonds. The molecule has 0 atom stereocenters. The summed E-state index contributed by atoms with van der Waals surface area (Å²) in [5.74, 6) is -0.149. The molecule has 5 nitrogen and oxygen atoms in total. The zero-order valence-electron chi connectivity index (χ0n) is 17.8. The lowest BCUT2D eigenvalue weighted by molar-refractivity contribution is 0.445. The summed E-state index contributed by atoms with van der Waals surface area (Å²) < 4.78 is 0. The van der Waals surface area contributed by atoms with Gasteiger partial charge in [-0.1, -0.05) is 76.3 Å². The number of phenols is 3. The highest BCUT2D eigenvalue weighted by Crippen LogP contribution is 2.37. The van der Waals surface area contributed by atoms with Gasteiger partial charge in [0.1, 0.15) is 28.6 Å². The first-order valence-electron chi connectivity index (χ1n) is 11.0. The monoisotopic (exact) mass is 432 g/mol. The molecule has 0 spiro atoms. The number of benzene rings is 2. The van der Waals surface area contributed by atoms with Gasteiger partial charge in [-0.05, 0) is 42.7 Å². The number of rotatable bonds is 13. The predicted octanol–water partition coefficient (Wildman–Crippen LogP) is 8.34. The molecule has 0 unspecified atom stereocenters. The summed E-state index contributed by atoms with van der Waals surface area (Å²) in [6.45, 7) is 2.24. The van der Waals surface area contributed by atoms with Gasteiger partial charge in [0.05, 0.1) is 0 Å². The van der Waals surface area contributed by atoms with Crippen molar-refractivity contribution in [3.8, 4) is 17.2 Å². The van der Waals surface area contributed by atoms with Crippen LogP contribution < -0.4 is 0 Å². The summed E-state index contributed by atoms with van der Waals surface area (Å²) in [4.78, 5) is 0. The molecular weight excluding hydrogens is 400 g/mol. The van der Waals surface area contributed by atoms with Crippen LogP contribution in [-0.2, 0) is 6.42 Å². The van der Waals surface area contributed by atoms with Crippen LogP contribution in [0.4, 0.5) is 11.4 Å². The predicted molar refractivity (Wildman–Crippen MR) is 123 cm³/mol. The first-order chi connectivity index (χ1) is 14.5. The van der Waals surface area contributed by atoms with Crippen molar-refractivity contribution in [2.45, 2.75) is 77.6 Å². The van der Waals surface area contributed by atoms with Crippen LogP contribution in [0, 0.1) is 0 Å². The molecular formula is C24H33ClN2O3. The third-order valence-electron chi connectivity index (χ3n) is 5.18. The van der Waals surface area contributed by atoms with E-state index in [1.807, 2.05) is 0 Å². The zero-order chi connectivity index (χ0) is 21.8. The summed E-state index contributed by atoms with van der Waals surface area (Å²) in [5.41, 5.74) is 1.19. The van der Waals surface area contributed by atoms with E-state index in [0.29, 0.717) is 11.4 Å². The largest absolute Gasteiger partial charge is 0.508 e. The smallest absolute Gasteiger partial charge is 0.146 e. The first kappa shape index (κ1) is 24.0. The number of hydrogen-bond donors (Lipinski definition) is 3. The van der Waals surface area contributed by atoms with Crippen molar-refractivity contribution >= 4 is 23.0 Å². The second kappa shape index (κ2) is 13.1. The molecule has 2 aromatic rings. The van der Waals surface area contributed by atoms with E-state index in [9.17, 15) is 15.3 Å². The fourth-order valence-electron chi connectivity index (χ4n) is 3.38. The van der Waals surface area contributed by atoms with Crippen molar-refractivity contribution in [1.82, 2.24) is 0 Å². The van der Waals surface area contributed by atoms with E-state index in [4.69, 9.17) is 11.6 Å². The number of phenolic OH excluding ortho intramolecular Hbond substituents is 3. The number of halogens is 1. The topological polar surface area (TPSA) is 85.4 Å². The maximum atomic E-state index is 10.1. The van der Waals surface area contributed by atoms with Gasteiger partial charge in [0.15, 0.2) is 0 Å². The van der Waals surface area contributed by atoms with Crippen molar-refractivity contribution in [2.24, 2.45) is 10.2 Å². The maximum Gasteiger partial charge on any atom is 0.146 e. The van der Waals surface area contributed by atoms with Gasteiger partial charge in [-0.25, -0.2) is 0 Å². The van der Waals surface area contributed by atoms with Crippen molar-refractivity contribution < 1.29 is 15.3 Å². The van der Waals surface area contributed by atoms with E-state index in [2.05, 4.69) is 17.2 Å². The Morgan fingerprint density at radius 2 is 1.23 bits per heavy atom. The maximum absolute atomic E-state index is 10.1. The van der Waals surface area contributed by atoms with Crippen LogP contribution >= 0.6 is 11.6 Å². The fraction of sp³-hybridized carbons (Fsp3) is 0.500. The van der Waals surface area contributed by atoms with Crippen LogP contribution in [0.25, 0.3) is 0 Å². The molecule has 0 aliphatic heterocycles. The minimum atomic E-state index is -0.162. The summed E-state index contributed by atoms with van der Waals surface area (Å²) in [5, 5.41) is 38.4. The summed E-state index contributed by atoms with van der Waals surface area (Å²) in [6, 6.07) is 7.41. The zero-order valence-corrected chi connectivity index (χ0v) is 18.5. The van der Waals surface area contributed by atoms with Crippen molar-refractivity contribution in [3.05, 3.63) is 40.9 Å². The second-order valence-electron chi connectivity index (χ2n) is 7.73. The van der Waals surface area contributed by atoms with Crippen molar-refractivity contribution in [3.63, 3.8) is 0 Å². The molecule has 164 valence electrons. The number of nitrogens with zero attached hydrogens (tertiary/aromatic N) is 2. The summed E-state index contributed by atoms with van der Waals surface area (Å²) >= 11 is 5.91. The molecule has 6 heteroatoms. The van der Waals surface area contributed by atoms with Gasteiger partial charge >= 0.3 is 0 Å². The molecule has 0 aliphatic rings. The highest BCUT2D eigenvalue weighted by molar-refractivity contribution is 6.30. The lowest BCUT2D eigenvalue weighted by Crippen LogP contribution is -1.88. The Morgan fingerprint density at radius 1 is 0.667 bits per heavy atom. The Balaban J connectivity index is 1.83. The molecule has 0 radical (unpaired) electrons. The van der Waals surface area contributed by atoms with E-state index in [1.54, 1.807) is 12.1 Å². The average molecular weight is 433 g/mol. The van der Waals surface area contributed by atoms with E-state index in [-0.39, 0.29) is 28.6 Å². The quantitative estimate of drug-likeness (QED) is 0.219. The number of aromatic hydroxyl groups is 3. The van der Waals surface area contributed by atoms with Crippen LogP contribution in [0.2, 0.25) is 5.02 Å². The Bertz CT molecular complexity index is 824. The Hall–Kier alpha value is -2.27. The minimum absolute atomic E-state index is 0.0491. The van der Waals surface area contributed by atoms with Crippen molar-refractivity contribution in [2.75, 3.05) is 0 Å². The lowest BCUT2D eigenvalue weighted by atomic mass is 10.0. The molecule has 3 N–H and O–H groups in total. The highest BCUT2D eigenvalue weighted by Gasteiger charge is 2.09. The first-order valence-corrected chi connectivity index (χ1v) is 11.3. The Kier molecular flexibility index (Phi) is 10.5. The second-order valence-corrected chi connectivity index (χ2v) is 8.17. The normalized spacial score (nSPS) is 11.4. The Morgan fingerprint density at radius 3 is 1.87 bits per heavy atom. The lowest BCUT2D eigenvalue weighted by Gasteiger charge is -2.08. The minimum Gasteiger partial charge on any atom is -0.508 e. The van der Waals surface area contributed by atoms with Crippen LogP contribution in [0.15, 0.2) is 40.6 Å². The molecule has 0 aliphatic carbocycles. The molecule has 30 heavy (non-hydrogen) atoms. The molecule has 2 aromatic carbocycles. The third-order valence-corrected chi connectivity index (χ3v) is 5.41. The summed E-state index contributed by atoms with van der Waals surface area (Å²) in [6.07, 6.45) is 13.2. The molecule has 0 saturated heterocycles. The SMILES string of the molecule is CCCCCCCCCCCCc1cc(N=Nc2cc(Cl)ccc2O)c(O)cc1O. The molecule has 0 bridgehead atoms. The van der Waals surface area contributed by atoms with E-state index in [1.165, 1.54) is 69.6 Å². The number of aryl methyl sites for hydroxylation is 1. The van der Waals surface area contributed by atoms with Gasteiger partial charge in [-0.15, -0.1) is 10.2 Å². The van der Waals surface area contributed by atoms with Gasteiger partial charge in [0, 0.05) is 11.1 Å². The number of hydrogen-bond acceptors (Lipinski definition) is 5. The van der Waals surface area contributed by atoms with Crippen LogP contribution in [0.5, 0.6) is 17.2 Å². The number of azo groups is 1. The standard InChI is InChI=1S/C24H33ClN2O3/c1-2-3-4-5-6-7-8-9-10-11-12-18-15-20(24(30)17-23(18)29)26-27-21-16-19(25)13-14-22(21)28/h13-17,28-30H,2-12H2,1H3. The fourth-order valence-corrected chi connectivity index (χ4v) is 3.54. The molecule has 0 saturated carbocycles. The van der Waals surface area contributed by atoms with E-state index < -0.39 is 0 Å². The Labute approximate surface area is 184 Å². The molecule has 0 heterocycles. The third kappa shape index (κ3) is 8.23. The van der Waals surface area contributed by atoms with Gasteiger partial charge in [-0.2, -0.15) is 0 Å². The number of unbranched alkanes of at least 4 members (excludes halogenated alkanes) is 9. The van der Waals surface area contributed by atoms with Gasteiger partial charge in [0.25, 0.3) is 0 Å². The van der Waals surface area contributed by atoms with E-state index >= 15 is 0 Å². The van der Waals surface area contributed by atoms with Crippen LogP contribution in [0.1, 0.15) is 76.7 Å². The van der Waals surface area contributed by atoms with Crippen LogP contribution in [0.3, 0.4) is 0 Å². The van der Waals surface area contributed by atoms with E-state index in [0.717, 1.165) is 18.4 Å². The molecule has 2 rings (SSSR count). The van der Waals surface area contributed by atoms with Gasteiger partial charge in [-0.3, -0.25) is 0 Å².